The van der Waals surface area contributed by atoms with Crippen LogP contribution in [0.5, 0.6) is 0 Å². The largest absolute Gasteiger partial charge is 0.462 e. The Bertz CT molecular complexity index is 855. The topological polar surface area (TPSA) is 85.2 Å². The number of imidazole rings is 1. The Morgan fingerprint density at radius 1 is 1.16 bits per heavy atom. The molecule has 2 aromatic rings. The number of halogens is 3. The minimum Gasteiger partial charge on any atom is -0.462 e. The number of hydrogen-bond acceptors (Lipinski definition) is 7. The molecule has 8 nitrogen and oxygen atoms in total. The Labute approximate surface area is 179 Å². The summed E-state index contributed by atoms with van der Waals surface area (Å²) in [5.74, 6) is 0.207. The molecule has 1 fully saturated rings. The van der Waals surface area contributed by atoms with E-state index in [9.17, 15) is 18.0 Å². The molecule has 0 aliphatic carbocycles. The average molecular weight is 442 g/mol. The van der Waals surface area contributed by atoms with Crippen LogP contribution < -0.4 is 5.32 Å². The van der Waals surface area contributed by atoms with Gasteiger partial charge < -0.3 is 19.5 Å². The highest BCUT2D eigenvalue weighted by Gasteiger charge is 2.36. The number of piperidine rings is 1. The van der Waals surface area contributed by atoms with Crippen LogP contribution in [0.4, 0.5) is 19.1 Å². The molecule has 1 saturated heterocycles. The van der Waals surface area contributed by atoms with Gasteiger partial charge in [0.2, 0.25) is 5.95 Å². The van der Waals surface area contributed by atoms with Crippen LogP contribution in [0.1, 0.15) is 39.2 Å². The van der Waals surface area contributed by atoms with E-state index < -0.39 is 11.7 Å². The van der Waals surface area contributed by atoms with Crippen molar-refractivity contribution in [3.63, 3.8) is 0 Å². The van der Waals surface area contributed by atoms with Gasteiger partial charge in [0.15, 0.2) is 0 Å². The van der Waals surface area contributed by atoms with Gasteiger partial charge in [0.25, 0.3) is 6.47 Å². The van der Waals surface area contributed by atoms with Crippen LogP contribution in [0, 0.1) is 0 Å². The lowest BCUT2D eigenvalue weighted by Crippen LogP contribution is -2.37. The number of ether oxygens (including phenoxy) is 1. The Kier molecular flexibility index (Phi) is 7.99. The zero-order valence-electron chi connectivity index (χ0n) is 18.4. The number of anilines is 1. The van der Waals surface area contributed by atoms with E-state index in [2.05, 4.69) is 29.9 Å². The number of nitrogens with one attached hydrogen (secondary N) is 1. The van der Waals surface area contributed by atoms with Gasteiger partial charge in [-0.3, -0.25) is 4.79 Å². The maximum atomic E-state index is 13.2. The van der Waals surface area contributed by atoms with Crippen LogP contribution in [0.2, 0.25) is 0 Å². The molecule has 31 heavy (non-hydrogen) atoms. The molecule has 0 spiro atoms. The number of aryl methyl sites for hydroxylation is 1. The molecule has 1 aliphatic heterocycles. The van der Waals surface area contributed by atoms with Gasteiger partial charge in [0.05, 0.1) is 6.33 Å². The van der Waals surface area contributed by atoms with E-state index in [1.807, 2.05) is 27.8 Å². The molecule has 0 atom stereocenters. The molecule has 1 N–H and O–H groups in total. The molecule has 172 valence electrons. The third-order valence-electron chi connectivity index (χ3n) is 4.50. The lowest BCUT2D eigenvalue weighted by atomic mass is 10.1. The first-order chi connectivity index (χ1) is 14.4. The van der Waals surface area contributed by atoms with Crippen LogP contribution in [-0.2, 0) is 22.8 Å². The van der Waals surface area contributed by atoms with Crippen molar-refractivity contribution in [2.75, 3.05) is 25.5 Å². The number of aromatic nitrogens is 4. The van der Waals surface area contributed by atoms with E-state index in [0.717, 1.165) is 32.1 Å². The quantitative estimate of drug-likeness (QED) is 0.727. The number of likely N-dealkylation sites (tertiary alicyclic amines) is 1. The normalized spacial score (nSPS) is 15.7. The molecule has 0 saturated carbocycles. The second-order valence-electron chi connectivity index (χ2n) is 8.43. The lowest BCUT2D eigenvalue weighted by molar-refractivity contribution is -0.139. The van der Waals surface area contributed by atoms with E-state index in [1.165, 1.54) is 12.5 Å². The zero-order valence-corrected chi connectivity index (χ0v) is 18.4. The monoisotopic (exact) mass is 442 g/mol. The van der Waals surface area contributed by atoms with Gasteiger partial charge in [-0.15, -0.1) is 0 Å². The smallest absolute Gasteiger partial charge is 0.420 e. The maximum absolute atomic E-state index is 13.2. The van der Waals surface area contributed by atoms with E-state index in [0.29, 0.717) is 6.47 Å². The van der Waals surface area contributed by atoms with Gasteiger partial charge in [-0.2, -0.15) is 13.2 Å². The second-order valence-corrected chi connectivity index (χ2v) is 8.43. The van der Waals surface area contributed by atoms with Gasteiger partial charge in [-0.05, 0) is 53.8 Å². The summed E-state index contributed by atoms with van der Waals surface area (Å²) in [5.41, 5.74) is -1.22. The summed E-state index contributed by atoms with van der Waals surface area (Å²) in [6, 6.07) is 0.162. The Balaban J connectivity index is 0.000000423. The van der Waals surface area contributed by atoms with Crippen molar-refractivity contribution < 1.29 is 22.7 Å². The first kappa shape index (κ1) is 24.6. The first-order valence-electron chi connectivity index (χ1n) is 9.88. The minimum absolute atomic E-state index is 0.162. The van der Waals surface area contributed by atoms with Gasteiger partial charge in [0.1, 0.15) is 22.6 Å². The number of hydrogen-bond donors (Lipinski definition) is 1. The average Bonchev–Trinajstić information content (AvgIpc) is 3.09. The summed E-state index contributed by atoms with van der Waals surface area (Å²) in [7, 11) is 3.74. The van der Waals surface area contributed by atoms with E-state index in [4.69, 9.17) is 0 Å². The van der Waals surface area contributed by atoms with Gasteiger partial charge in [0, 0.05) is 25.5 Å². The zero-order chi connectivity index (χ0) is 23.2. The fourth-order valence-electron chi connectivity index (χ4n) is 2.87. The Morgan fingerprint density at radius 2 is 1.81 bits per heavy atom. The predicted octanol–water partition coefficient (Wildman–Crippen LogP) is 3.36. The molecule has 0 radical (unpaired) electrons. The molecule has 0 unspecified atom stereocenters. The summed E-state index contributed by atoms with van der Waals surface area (Å²) in [6.07, 6.45) is 1.06. The second kappa shape index (κ2) is 10.1. The third-order valence-corrected chi connectivity index (χ3v) is 4.50. The van der Waals surface area contributed by atoms with Crippen molar-refractivity contribution >= 4 is 12.4 Å². The van der Waals surface area contributed by atoms with Crippen molar-refractivity contribution in [2.45, 2.75) is 51.4 Å². The van der Waals surface area contributed by atoms with E-state index in [1.54, 1.807) is 11.6 Å². The number of alkyl halides is 3. The number of nitrogens with zero attached hydrogens (tertiary/aromatic N) is 5. The van der Waals surface area contributed by atoms with Crippen molar-refractivity contribution in [3.05, 3.63) is 24.3 Å². The summed E-state index contributed by atoms with van der Waals surface area (Å²) < 4.78 is 45.8. The summed E-state index contributed by atoms with van der Waals surface area (Å²) in [5, 5.41) is 3.15. The lowest BCUT2D eigenvalue weighted by Gasteiger charge is -2.29. The van der Waals surface area contributed by atoms with Crippen molar-refractivity contribution in [2.24, 2.45) is 7.05 Å². The molecule has 0 aromatic carbocycles. The van der Waals surface area contributed by atoms with E-state index >= 15 is 0 Å². The summed E-state index contributed by atoms with van der Waals surface area (Å²) in [4.78, 5) is 23.8. The Hall–Kier alpha value is -2.69. The van der Waals surface area contributed by atoms with Gasteiger partial charge in [-0.1, -0.05) is 0 Å². The van der Waals surface area contributed by atoms with E-state index in [-0.39, 0.29) is 29.0 Å². The fraction of sp³-hybridized carbons (Fsp3) is 0.600. The Morgan fingerprint density at radius 3 is 2.26 bits per heavy atom. The molecule has 3 heterocycles. The van der Waals surface area contributed by atoms with Crippen LogP contribution in [-0.4, -0.2) is 62.7 Å². The number of carbonyl (C=O) groups excluding carboxylic acids is 1. The predicted molar refractivity (Wildman–Crippen MR) is 110 cm³/mol. The molecule has 0 amide bonds. The molecule has 2 aromatic heterocycles. The number of rotatable bonds is 4. The summed E-state index contributed by atoms with van der Waals surface area (Å²) >= 11 is 0. The van der Waals surface area contributed by atoms with Crippen molar-refractivity contribution in [1.82, 2.24) is 24.4 Å². The van der Waals surface area contributed by atoms with Crippen LogP contribution in [0.15, 0.2) is 18.7 Å². The van der Waals surface area contributed by atoms with Crippen molar-refractivity contribution in [3.8, 4) is 11.4 Å². The highest BCUT2D eigenvalue weighted by molar-refractivity contribution is 5.60. The molecular formula is C20H29F3N6O2. The molecule has 0 bridgehead atoms. The summed E-state index contributed by atoms with van der Waals surface area (Å²) in [6.45, 7) is 7.79. The minimum atomic E-state index is -4.53. The third kappa shape index (κ3) is 7.82. The first-order valence-corrected chi connectivity index (χ1v) is 9.88. The maximum Gasteiger partial charge on any atom is 0.420 e. The molecule has 3 rings (SSSR count). The standard InChI is InChI=1S/C15H19F3N6.C5H10O2/c1-23-5-3-10(4-6-23)21-14-19-7-11(15(16,17)18)13(22-14)12-8-24(2)9-20-12;1-5(2,3)7-4-6/h7-10H,3-6H2,1-2H3,(H,19,21,22);4H,1-3H3. The SMILES string of the molecule is CC(C)(C)OC=O.CN1CCC(Nc2ncc(C(F)(F)F)c(-c3cn(C)cn3)n2)CC1. The highest BCUT2D eigenvalue weighted by Crippen LogP contribution is 2.35. The van der Waals surface area contributed by atoms with Gasteiger partial charge in [-0.25, -0.2) is 15.0 Å². The van der Waals surface area contributed by atoms with Crippen LogP contribution in [0.25, 0.3) is 11.4 Å². The molecule has 11 heteroatoms. The highest BCUT2D eigenvalue weighted by atomic mass is 19.4. The fourth-order valence-corrected chi connectivity index (χ4v) is 2.87. The van der Waals surface area contributed by atoms with Gasteiger partial charge >= 0.3 is 6.18 Å². The number of carbonyl (C=O) groups is 1. The molecular weight excluding hydrogens is 413 g/mol. The van der Waals surface area contributed by atoms with Crippen LogP contribution in [0.3, 0.4) is 0 Å². The van der Waals surface area contributed by atoms with Crippen LogP contribution >= 0.6 is 0 Å². The molecule has 1 aliphatic rings. The van der Waals surface area contributed by atoms with Crippen molar-refractivity contribution in [1.29, 1.82) is 0 Å².